The number of aryl methyl sites for hydroxylation is 1. The second kappa shape index (κ2) is 7.23. The SMILES string of the molecule is C/C(=C/C(=O)Nc1cc(C)ccc1C(=O)O)c1ccc2ccccc2c1. The summed E-state index contributed by atoms with van der Waals surface area (Å²) in [6.45, 7) is 3.70. The van der Waals surface area contributed by atoms with Crippen molar-refractivity contribution in [2.75, 3.05) is 5.32 Å². The van der Waals surface area contributed by atoms with Gasteiger partial charge < -0.3 is 10.4 Å². The Balaban J connectivity index is 1.86. The van der Waals surface area contributed by atoms with Crippen LogP contribution in [0.25, 0.3) is 16.3 Å². The van der Waals surface area contributed by atoms with Crippen LogP contribution in [0.4, 0.5) is 5.69 Å². The number of fused-ring (bicyclic) bond motifs is 1. The summed E-state index contributed by atoms with van der Waals surface area (Å²) in [5.74, 6) is -1.43. The lowest BCUT2D eigenvalue weighted by Gasteiger charge is -2.09. The van der Waals surface area contributed by atoms with Gasteiger partial charge in [0.25, 0.3) is 0 Å². The van der Waals surface area contributed by atoms with Crippen LogP contribution < -0.4 is 5.32 Å². The molecule has 0 saturated carbocycles. The first-order chi connectivity index (χ1) is 12.4. The highest BCUT2D eigenvalue weighted by Crippen LogP contribution is 2.22. The molecule has 0 saturated heterocycles. The van der Waals surface area contributed by atoms with Crippen molar-refractivity contribution in [3.63, 3.8) is 0 Å². The summed E-state index contributed by atoms with van der Waals surface area (Å²) in [5, 5.41) is 14.2. The largest absolute Gasteiger partial charge is 0.478 e. The molecule has 0 fully saturated rings. The molecule has 4 heteroatoms. The molecular weight excluding hydrogens is 326 g/mol. The van der Waals surface area contributed by atoms with E-state index >= 15 is 0 Å². The fraction of sp³-hybridized carbons (Fsp3) is 0.0909. The maximum Gasteiger partial charge on any atom is 0.337 e. The van der Waals surface area contributed by atoms with Crippen molar-refractivity contribution in [1.29, 1.82) is 0 Å². The summed E-state index contributed by atoms with van der Waals surface area (Å²) >= 11 is 0. The highest BCUT2D eigenvalue weighted by Gasteiger charge is 2.12. The van der Waals surface area contributed by atoms with Crippen LogP contribution >= 0.6 is 0 Å². The lowest BCUT2D eigenvalue weighted by molar-refractivity contribution is -0.111. The van der Waals surface area contributed by atoms with Gasteiger partial charge >= 0.3 is 5.97 Å². The lowest BCUT2D eigenvalue weighted by atomic mass is 10.0. The molecule has 130 valence electrons. The van der Waals surface area contributed by atoms with Crippen molar-refractivity contribution < 1.29 is 14.7 Å². The van der Waals surface area contributed by atoms with Crippen LogP contribution in [0.2, 0.25) is 0 Å². The summed E-state index contributed by atoms with van der Waals surface area (Å²) < 4.78 is 0. The van der Waals surface area contributed by atoms with Gasteiger partial charge in [0.1, 0.15) is 0 Å². The first-order valence-corrected chi connectivity index (χ1v) is 8.26. The number of rotatable bonds is 4. The Bertz CT molecular complexity index is 1030. The van der Waals surface area contributed by atoms with E-state index in [4.69, 9.17) is 0 Å². The number of carboxylic acid groups (broad SMARTS) is 1. The molecule has 3 rings (SSSR count). The highest BCUT2D eigenvalue weighted by atomic mass is 16.4. The van der Waals surface area contributed by atoms with Crippen molar-refractivity contribution in [1.82, 2.24) is 0 Å². The molecule has 0 heterocycles. The molecule has 0 aliphatic carbocycles. The summed E-state index contributed by atoms with van der Waals surface area (Å²) in [6, 6.07) is 18.9. The fourth-order valence-corrected chi connectivity index (χ4v) is 2.83. The zero-order valence-electron chi connectivity index (χ0n) is 14.6. The molecule has 0 radical (unpaired) electrons. The van der Waals surface area contributed by atoms with Gasteiger partial charge in [0, 0.05) is 6.08 Å². The smallest absolute Gasteiger partial charge is 0.337 e. The molecule has 3 aromatic carbocycles. The van der Waals surface area contributed by atoms with Gasteiger partial charge in [0.05, 0.1) is 11.3 Å². The van der Waals surface area contributed by atoms with Crippen LogP contribution in [0.1, 0.15) is 28.4 Å². The van der Waals surface area contributed by atoms with E-state index in [-0.39, 0.29) is 11.5 Å². The lowest BCUT2D eigenvalue weighted by Crippen LogP contribution is -2.12. The number of benzene rings is 3. The Labute approximate surface area is 151 Å². The molecule has 1 amide bonds. The predicted molar refractivity (Wildman–Crippen MR) is 104 cm³/mol. The number of hydrogen-bond donors (Lipinski definition) is 2. The third-order valence-electron chi connectivity index (χ3n) is 4.22. The molecule has 2 N–H and O–H groups in total. The second-order valence-electron chi connectivity index (χ2n) is 6.23. The molecule has 0 bridgehead atoms. The van der Waals surface area contributed by atoms with Gasteiger partial charge in [-0.25, -0.2) is 4.79 Å². The predicted octanol–water partition coefficient (Wildman–Crippen LogP) is 4.89. The van der Waals surface area contributed by atoms with Crippen LogP contribution in [0.3, 0.4) is 0 Å². The van der Waals surface area contributed by atoms with E-state index in [0.717, 1.165) is 27.5 Å². The van der Waals surface area contributed by atoms with Crippen LogP contribution in [-0.2, 0) is 4.79 Å². The molecule has 0 aromatic heterocycles. The number of amides is 1. The minimum atomic E-state index is -1.07. The van der Waals surface area contributed by atoms with Crippen molar-refractivity contribution in [2.45, 2.75) is 13.8 Å². The van der Waals surface area contributed by atoms with Crippen LogP contribution in [0.15, 0.2) is 66.7 Å². The molecule has 4 nitrogen and oxygen atoms in total. The molecular formula is C22H19NO3. The van der Waals surface area contributed by atoms with Crippen LogP contribution in [-0.4, -0.2) is 17.0 Å². The minimum Gasteiger partial charge on any atom is -0.478 e. The van der Waals surface area contributed by atoms with Crippen molar-refractivity contribution in [2.24, 2.45) is 0 Å². The zero-order valence-corrected chi connectivity index (χ0v) is 14.6. The summed E-state index contributed by atoms with van der Waals surface area (Å²) in [6.07, 6.45) is 1.48. The maximum absolute atomic E-state index is 12.4. The number of hydrogen-bond acceptors (Lipinski definition) is 2. The van der Waals surface area contributed by atoms with Gasteiger partial charge in [-0.3, -0.25) is 4.79 Å². The van der Waals surface area contributed by atoms with Gasteiger partial charge in [-0.1, -0.05) is 42.5 Å². The van der Waals surface area contributed by atoms with E-state index in [1.54, 1.807) is 12.1 Å². The van der Waals surface area contributed by atoms with Gasteiger partial charge in [-0.15, -0.1) is 0 Å². The number of carboxylic acids is 1. The first kappa shape index (κ1) is 17.4. The third-order valence-corrected chi connectivity index (χ3v) is 4.22. The number of allylic oxidation sites excluding steroid dienone is 1. The third kappa shape index (κ3) is 3.81. The molecule has 0 aliphatic heterocycles. The van der Waals surface area contributed by atoms with E-state index in [2.05, 4.69) is 5.32 Å². The van der Waals surface area contributed by atoms with Crippen molar-refractivity contribution in [3.8, 4) is 0 Å². The fourth-order valence-electron chi connectivity index (χ4n) is 2.83. The normalized spacial score (nSPS) is 11.4. The minimum absolute atomic E-state index is 0.0701. The topological polar surface area (TPSA) is 66.4 Å². The van der Waals surface area contributed by atoms with Crippen molar-refractivity contribution >= 4 is 33.9 Å². The van der Waals surface area contributed by atoms with Crippen LogP contribution in [0.5, 0.6) is 0 Å². The van der Waals surface area contributed by atoms with Gasteiger partial charge in [0.15, 0.2) is 0 Å². The second-order valence-corrected chi connectivity index (χ2v) is 6.23. The standard InChI is InChI=1S/C22H19NO3/c1-14-7-10-19(22(25)26)20(11-14)23-21(24)12-15(2)17-9-8-16-5-3-4-6-18(16)13-17/h3-13H,1-2H3,(H,23,24)(H,25,26)/b15-12-. The van der Waals surface area contributed by atoms with Crippen molar-refractivity contribution in [3.05, 3.63) is 83.4 Å². The van der Waals surface area contributed by atoms with E-state index in [1.165, 1.54) is 12.1 Å². The monoisotopic (exact) mass is 345 g/mol. The Hall–Kier alpha value is -3.40. The summed E-state index contributed by atoms with van der Waals surface area (Å²) in [4.78, 5) is 23.7. The molecule has 3 aromatic rings. The van der Waals surface area contributed by atoms with Gasteiger partial charge in [-0.05, 0) is 59.5 Å². The van der Waals surface area contributed by atoms with E-state index in [1.807, 2.05) is 56.3 Å². The number of carbonyl (C=O) groups is 2. The van der Waals surface area contributed by atoms with Gasteiger partial charge in [-0.2, -0.15) is 0 Å². The molecule has 26 heavy (non-hydrogen) atoms. The molecule has 0 unspecified atom stereocenters. The molecule has 0 atom stereocenters. The number of aromatic carboxylic acids is 1. The highest BCUT2D eigenvalue weighted by molar-refractivity contribution is 6.07. The Kier molecular flexibility index (Phi) is 4.85. The number of carbonyl (C=O) groups excluding carboxylic acids is 1. The van der Waals surface area contributed by atoms with E-state index in [9.17, 15) is 14.7 Å². The Morgan fingerprint density at radius 3 is 2.42 bits per heavy atom. The molecule has 0 spiro atoms. The zero-order chi connectivity index (χ0) is 18.7. The molecule has 0 aliphatic rings. The van der Waals surface area contributed by atoms with E-state index < -0.39 is 5.97 Å². The summed E-state index contributed by atoms with van der Waals surface area (Å²) in [7, 11) is 0. The first-order valence-electron chi connectivity index (χ1n) is 8.26. The maximum atomic E-state index is 12.4. The Morgan fingerprint density at radius 1 is 0.962 bits per heavy atom. The Morgan fingerprint density at radius 2 is 1.69 bits per heavy atom. The quantitative estimate of drug-likeness (QED) is 0.662. The van der Waals surface area contributed by atoms with Gasteiger partial charge in [0.2, 0.25) is 5.91 Å². The average Bonchev–Trinajstić information content (AvgIpc) is 2.61. The van der Waals surface area contributed by atoms with E-state index in [0.29, 0.717) is 5.69 Å². The number of anilines is 1. The summed E-state index contributed by atoms with van der Waals surface area (Å²) in [5.41, 5.74) is 2.99. The average molecular weight is 345 g/mol. The number of nitrogens with one attached hydrogen (secondary N) is 1. The van der Waals surface area contributed by atoms with Crippen LogP contribution in [0, 0.1) is 6.92 Å².